The number of nitrogens with zero attached hydrogens (tertiary/aromatic N) is 3. The first-order chi connectivity index (χ1) is 9.44. The van der Waals surface area contributed by atoms with E-state index < -0.39 is 16.5 Å². The average Bonchev–Trinajstić information content (AvgIpc) is 2.42. The summed E-state index contributed by atoms with van der Waals surface area (Å²) in [6, 6.07) is -1.00. The maximum absolute atomic E-state index is 11.5. The van der Waals surface area contributed by atoms with E-state index in [2.05, 4.69) is 20.8 Å². The Morgan fingerprint density at radius 2 is 1.95 bits per heavy atom. The lowest BCUT2D eigenvalue weighted by atomic mass is 9.83. The van der Waals surface area contributed by atoms with Crippen LogP contribution in [-0.4, -0.2) is 46.0 Å². The van der Waals surface area contributed by atoms with Crippen LogP contribution in [0.15, 0.2) is 10.6 Å². The number of likely N-dealkylation sites (tertiary alicyclic amines) is 1. The van der Waals surface area contributed by atoms with Crippen LogP contribution in [0.1, 0.15) is 32.1 Å². The van der Waals surface area contributed by atoms with Gasteiger partial charge in [0.25, 0.3) is 6.04 Å². The molecule has 2 unspecified atom stereocenters. The molecule has 1 aliphatic heterocycles. The van der Waals surface area contributed by atoms with Gasteiger partial charge in [0.15, 0.2) is 0 Å². The number of hydrogen-bond donors (Lipinski definition) is 0. The summed E-state index contributed by atoms with van der Waals surface area (Å²) in [7, 11) is 0. The Kier molecular flexibility index (Phi) is 4.74. The zero-order valence-electron chi connectivity index (χ0n) is 11.2. The van der Waals surface area contributed by atoms with Crippen LogP contribution in [0.2, 0.25) is 0 Å². The molecule has 2 rings (SSSR count). The van der Waals surface area contributed by atoms with Crippen molar-refractivity contribution in [3.63, 3.8) is 0 Å². The van der Waals surface area contributed by atoms with E-state index >= 15 is 0 Å². The van der Waals surface area contributed by atoms with Crippen molar-refractivity contribution in [2.75, 3.05) is 19.6 Å². The second-order valence-electron chi connectivity index (χ2n) is 5.62. The Balaban J connectivity index is 2.17. The molecule has 0 aromatic carbocycles. The third kappa shape index (κ3) is 3.17. The van der Waals surface area contributed by atoms with Gasteiger partial charge in [-0.25, -0.2) is 0 Å². The standard InChI is InChI=1S/C12H18BrN3O4/c13-10-4-5-12(16(19)20,8-11(10)15(17)18)9-14-6-2-1-3-7-14/h4,11H,1-3,5-9H2. The fourth-order valence-electron chi connectivity index (χ4n) is 3.01. The third-order valence-electron chi connectivity index (χ3n) is 4.18. The van der Waals surface area contributed by atoms with Gasteiger partial charge in [-0.15, -0.1) is 0 Å². The smallest absolute Gasteiger partial charge is 0.251 e. The number of hydrogen-bond acceptors (Lipinski definition) is 5. The van der Waals surface area contributed by atoms with Crippen molar-refractivity contribution in [1.82, 2.24) is 4.90 Å². The first-order valence-electron chi connectivity index (χ1n) is 6.80. The van der Waals surface area contributed by atoms with E-state index in [0.29, 0.717) is 11.0 Å². The van der Waals surface area contributed by atoms with Crippen LogP contribution in [0.3, 0.4) is 0 Å². The highest BCUT2D eigenvalue weighted by Gasteiger charge is 2.52. The predicted octanol–water partition coefficient (Wildman–Crippen LogP) is 2.21. The quantitative estimate of drug-likeness (QED) is 0.574. The molecule has 2 aliphatic rings. The van der Waals surface area contributed by atoms with E-state index in [-0.39, 0.29) is 17.8 Å². The first-order valence-corrected chi connectivity index (χ1v) is 7.60. The zero-order valence-corrected chi connectivity index (χ0v) is 12.8. The van der Waals surface area contributed by atoms with Gasteiger partial charge >= 0.3 is 0 Å². The summed E-state index contributed by atoms with van der Waals surface area (Å²) < 4.78 is 0.457. The molecule has 8 heteroatoms. The fraction of sp³-hybridized carbons (Fsp3) is 0.833. The normalized spacial score (nSPS) is 31.6. The van der Waals surface area contributed by atoms with E-state index in [1.165, 1.54) is 0 Å². The highest BCUT2D eigenvalue weighted by atomic mass is 79.9. The molecule has 2 atom stereocenters. The molecule has 7 nitrogen and oxygen atoms in total. The fourth-order valence-corrected chi connectivity index (χ4v) is 3.50. The maximum atomic E-state index is 11.5. The molecule has 0 spiro atoms. The lowest BCUT2D eigenvalue weighted by molar-refractivity contribution is -0.592. The van der Waals surface area contributed by atoms with Crippen molar-refractivity contribution in [3.8, 4) is 0 Å². The minimum absolute atomic E-state index is 0.0411. The predicted molar refractivity (Wildman–Crippen MR) is 77.0 cm³/mol. The number of piperidine rings is 1. The Bertz CT molecular complexity index is 436. The molecular formula is C12H18BrN3O4. The number of halogens is 1. The second kappa shape index (κ2) is 6.17. The van der Waals surface area contributed by atoms with Gasteiger partial charge in [-0.3, -0.25) is 25.1 Å². The van der Waals surface area contributed by atoms with Crippen LogP contribution in [0.4, 0.5) is 0 Å². The summed E-state index contributed by atoms with van der Waals surface area (Å²) in [5, 5.41) is 22.6. The van der Waals surface area contributed by atoms with E-state index in [4.69, 9.17) is 0 Å². The molecule has 0 radical (unpaired) electrons. The highest BCUT2D eigenvalue weighted by Crippen LogP contribution is 2.35. The Morgan fingerprint density at radius 3 is 2.50 bits per heavy atom. The molecule has 0 aromatic heterocycles. The SMILES string of the molecule is O=[N+]([O-])C1CC(CN2CCCCC2)([N+](=O)[O-])CC=C1Br. The van der Waals surface area contributed by atoms with Crippen LogP contribution in [0.25, 0.3) is 0 Å². The van der Waals surface area contributed by atoms with Gasteiger partial charge in [0.2, 0.25) is 5.54 Å². The summed E-state index contributed by atoms with van der Waals surface area (Å²) in [4.78, 5) is 23.9. The largest absolute Gasteiger partial charge is 0.297 e. The van der Waals surface area contributed by atoms with Gasteiger partial charge in [-0.1, -0.05) is 12.5 Å². The Hall–Kier alpha value is -1.02. The van der Waals surface area contributed by atoms with E-state index in [1.807, 2.05) is 0 Å². The van der Waals surface area contributed by atoms with Gasteiger partial charge in [-0.2, -0.15) is 0 Å². The summed E-state index contributed by atoms with van der Waals surface area (Å²) in [5.74, 6) is 0. The molecular weight excluding hydrogens is 330 g/mol. The minimum Gasteiger partial charge on any atom is -0.297 e. The Morgan fingerprint density at radius 1 is 1.30 bits per heavy atom. The topological polar surface area (TPSA) is 89.5 Å². The van der Waals surface area contributed by atoms with Gasteiger partial charge in [-0.05, 0) is 41.9 Å². The van der Waals surface area contributed by atoms with Crippen molar-refractivity contribution in [3.05, 3.63) is 30.8 Å². The van der Waals surface area contributed by atoms with Gasteiger partial charge in [0.1, 0.15) is 0 Å². The Labute approximate surface area is 125 Å². The molecule has 112 valence electrons. The summed E-state index contributed by atoms with van der Waals surface area (Å²) in [6.45, 7) is 2.01. The summed E-state index contributed by atoms with van der Waals surface area (Å²) in [6.07, 6.45) is 5.06. The monoisotopic (exact) mass is 347 g/mol. The summed E-state index contributed by atoms with van der Waals surface area (Å²) in [5.41, 5.74) is -1.23. The maximum Gasteiger partial charge on any atom is 0.251 e. The van der Waals surface area contributed by atoms with Crippen molar-refractivity contribution in [2.45, 2.75) is 43.7 Å². The lowest BCUT2D eigenvalue weighted by Crippen LogP contribution is -2.54. The molecule has 0 aromatic rings. The highest BCUT2D eigenvalue weighted by molar-refractivity contribution is 9.11. The molecule has 0 bridgehead atoms. The zero-order chi connectivity index (χ0) is 14.8. The van der Waals surface area contributed by atoms with Crippen LogP contribution < -0.4 is 0 Å². The average molecular weight is 348 g/mol. The third-order valence-corrected chi connectivity index (χ3v) is 5.03. The van der Waals surface area contributed by atoms with Crippen molar-refractivity contribution >= 4 is 15.9 Å². The van der Waals surface area contributed by atoms with E-state index in [1.54, 1.807) is 6.08 Å². The van der Waals surface area contributed by atoms with Gasteiger partial charge in [0.05, 0.1) is 17.4 Å². The van der Waals surface area contributed by atoms with Crippen LogP contribution in [0.5, 0.6) is 0 Å². The minimum atomic E-state index is -1.23. The molecule has 1 heterocycles. The lowest BCUT2D eigenvalue weighted by Gasteiger charge is -2.35. The summed E-state index contributed by atoms with van der Waals surface area (Å²) >= 11 is 3.16. The van der Waals surface area contributed by atoms with Crippen LogP contribution in [0, 0.1) is 20.2 Å². The van der Waals surface area contributed by atoms with Crippen molar-refractivity contribution in [1.29, 1.82) is 0 Å². The van der Waals surface area contributed by atoms with Gasteiger partial charge in [0, 0.05) is 16.3 Å². The van der Waals surface area contributed by atoms with Crippen LogP contribution in [-0.2, 0) is 0 Å². The molecule has 0 saturated carbocycles. The molecule has 20 heavy (non-hydrogen) atoms. The number of rotatable bonds is 4. The van der Waals surface area contributed by atoms with Crippen LogP contribution >= 0.6 is 15.9 Å². The van der Waals surface area contributed by atoms with Gasteiger partial charge < -0.3 is 0 Å². The molecule has 1 saturated heterocycles. The molecule has 0 amide bonds. The molecule has 1 aliphatic carbocycles. The molecule has 1 fully saturated rings. The van der Waals surface area contributed by atoms with E-state index in [9.17, 15) is 20.2 Å². The van der Waals surface area contributed by atoms with Crippen molar-refractivity contribution < 1.29 is 9.85 Å². The van der Waals surface area contributed by atoms with E-state index in [0.717, 1.165) is 32.4 Å². The second-order valence-corrected chi connectivity index (χ2v) is 6.53. The first kappa shape index (κ1) is 15.4. The number of nitro groups is 2. The molecule has 0 N–H and O–H groups in total. The van der Waals surface area contributed by atoms with Crippen molar-refractivity contribution in [2.24, 2.45) is 0 Å².